The largest absolute Gasteiger partial charge is 0.349 e. The third kappa shape index (κ3) is 3.83. The maximum atomic E-state index is 12.2. The number of nitrogens with zero attached hydrogens (tertiary/aromatic N) is 3. The van der Waals surface area contributed by atoms with Gasteiger partial charge in [-0.25, -0.2) is 4.68 Å². The molecule has 0 radical (unpaired) electrons. The first-order chi connectivity index (χ1) is 11.6. The predicted octanol–water partition coefficient (Wildman–Crippen LogP) is 2.39. The van der Waals surface area contributed by atoms with Crippen molar-refractivity contribution in [3.8, 4) is 5.69 Å². The SMILES string of the molecule is Cc1c(C(C)NC(=O)CCN2CCCO2)cnn1-c1ccccc1. The molecule has 2 heterocycles. The maximum absolute atomic E-state index is 12.2. The number of aromatic nitrogens is 2. The third-order valence-electron chi connectivity index (χ3n) is 4.31. The topological polar surface area (TPSA) is 59.4 Å². The van der Waals surface area contributed by atoms with Crippen LogP contribution in [-0.4, -0.2) is 40.4 Å². The Kier molecular flexibility index (Phi) is 5.27. The Morgan fingerprint density at radius 1 is 1.38 bits per heavy atom. The molecule has 1 aromatic heterocycles. The smallest absolute Gasteiger partial charge is 0.221 e. The van der Waals surface area contributed by atoms with Crippen molar-refractivity contribution in [2.45, 2.75) is 32.7 Å². The number of nitrogens with one attached hydrogen (secondary N) is 1. The quantitative estimate of drug-likeness (QED) is 0.884. The number of hydrogen-bond acceptors (Lipinski definition) is 4. The number of para-hydroxylation sites is 1. The Morgan fingerprint density at radius 3 is 2.88 bits per heavy atom. The number of amides is 1. The van der Waals surface area contributed by atoms with Crippen LogP contribution in [0.5, 0.6) is 0 Å². The molecule has 2 aromatic rings. The molecule has 6 nitrogen and oxygen atoms in total. The molecule has 1 unspecified atom stereocenters. The van der Waals surface area contributed by atoms with Crippen molar-refractivity contribution in [1.29, 1.82) is 0 Å². The van der Waals surface area contributed by atoms with E-state index in [9.17, 15) is 4.79 Å². The van der Waals surface area contributed by atoms with Gasteiger partial charge < -0.3 is 5.32 Å². The fraction of sp³-hybridized carbons (Fsp3) is 0.444. The average Bonchev–Trinajstić information content (AvgIpc) is 3.23. The lowest BCUT2D eigenvalue weighted by molar-refractivity contribution is -0.130. The van der Waals surface area contributed by atoms with Crippen molar-refractivity contribution in [2.75, 3.05) is 19.7 Å². The van der Waals surface area contributed by atoms with Crippen molar-refractivity contribution in [2.24, 2.45) is 0 Å². The molecule has 3 rings (SSSR count). The first kappa shape index (κ1) is 16.7. The first-order valence-corrected chi connectivity index (χ1v) is 8.42. The molecule has 1 aliphatic rings. The minimum Gasteiger partial charge on any atom is -0.349 e. The maximum Gasteiger partial charge on any atom is 0.221 e. The Morgan fingerprint density at radius 2 is 2.17 bits per heavy atom. The molecule has 0 aliphatic carbocycles. The Labute approximate surface area is 142 Å². The first-order valence-electron chi connectivity index (χ1n) is 8.42. The lowest BCUT2D eigenvalue weighted by Crippen LogP contribution is -2.30. The van der Waals surface area contributed by atoms with Crippen LogP contribution >= 0.6 is 0 Å². The summed E-state index contributed by atoms with van der Waals surface area (Å²) in [7, 11) is 0. The van der Waals surface area contributed by atoms with E-state index in [0.717, 1.165) is 36.5 Å². The summed E-state index contributed by atoms with van der Waals surface area (Å²) in [5.41, 5.74) is 3.09. The molecule has 6 heteroatoms. The van der Waals surface area contributed by atoms with Gasteiger partial charge in [0.05, 0.1) is 24.5 Å². The lowest BCUT2D eigenvalue weighted by Gasteiger charge is -2.16. The zero-order valence-corrected chi connectivity index (χ0v) is 14.2. The normalized spacial score (nSPS) is 16.2. The van der Waals surface area contributed by atoms with Crippen molar-refractivity contribution >= 4 is 5.91 Å². The molecule has 1 N–H and O–H groups in total. The van der Waals surface area contributed by atoms with Crippen LogP contribution in [0.2, 0.25) is 0 Å². The Bertz CT molecular complexity index is 678. The van der Waals surface area contributed by atoms with Crippen LogP contribution in [0.25, 0.3) is 5.69 Å². The Balaban J connectivity index is 1.59. The van der Waals surface area contributed by atoms with Crippen LogP contribution in [0, 0.1) is 6.92 Å². The van der Waals surface area contributed by atoms with Crippen molar-refractivity contribution < 1.29 is 9.63 Å². The molecule has 0 saturated carbocycles. The summed E-state index contributed by atoms with van der Waals surface area (Å²) < 4.78 is 1.90. The van der Waals surface area contributed by atoms with E-state index in [0.29, 0.717) is 13.0 Å². The minimum atomic E-state index is -0.0746. The second kappa shape index (κ2) is 7.59. The second-order valence-corrected chi connectivity index (χ2v) is 6.09. The number of benzene rings is 1. The van der Waals surface area contributed by atoms with Gasteiger partial charge in [0.15, 0.2) is 0 Å². The van der Waals surface area contributed by atoms with E-state index in [4.69, 9.17) is 4.84 Å². The average molecular weight is 328 g/mol. The van der Waals surface area contributed by atoms with E-state index in [2.05, 4.69) is 10.4 Å². The number of carbonyl (C=O) groups is 1. The molecule has 128 valence electrons. The summed E-state index contributed by atoms with van der Waals surface area (Å²) in [6.07, 6.45) is 3.31. The zero-order chi connectivity index (χ0) is 16.9. The molecule has 24 heavy (non-hydrogen) atoms. The van der Waals surface area contributed by atoms with Gasteiger partial charge in [0, 0.05) is 30.8 Å². The van der Waals surface area contributed by atoms with Crippen molar-refractivity contribution in [3.05, 3.63) is 47.8 Å². The highest BCUT2D eigenvalue weighted by molar-refractivity contribution is 5.76. The van der Waals surface area contributed by atoms with E-state index in [1.165, 1.54) is 0 Å². The van der Waals surface area contributed by atoms with Gasteiger partial charge in [-0.15, -0.1) is 0 Å². The highest BCUT2D eigenvalue weighted by Gasteiger charge is 2.18. The fourth-order valence-corrected chi connectivity index (χ4v) is 2.97. The highest BCUT2D eigenvalue weighted by Crippen LogP contribution is 2.20. The number of rotatable bonds is 6. The molecule has 1 fully saturated rings. The fourth-order valence-electron chi connectivity index (χ4n) is 2.97. The molecule has 0 spiro atoms. The van der Waals surface area contributed by atoms with Gasteiger partial charge in [-0.05, 0) is 32.4 Å². The van der Waals surface area contributed by atoms with Gasteiger partial charge in [-0.1, -0.05) is 18.2 Å². The number of hydrogen-bond donors (Lipinski definition) is 1. The highest BCUT2D eigenvalue weighted by atomic mass is 16.7. The third-order valence-corrected chi connectivity index (χ3v) is 4.31. The summed E-state index contributed by atoms with van der Waals surface area (Å²) in [6.45, 7) is 6.32. The molecule has 0 bridgehead atoms. The summed E-state index contributed by atoms with van der Waals surface area (Å²) in [6, 6.07) is 9.92. The number of hydroxylamine groups is 2. The molecule has 1 atom stereocenters. The zero-order valence-electron chi connectivity index (χ0n) is 14.2. The van der Waals surface area contributed by atoms with Gasteiger partial charge >= 0.3 is 0 Å². The van der Waals surface area contributed by atoms with Crippen LogP contribution in [0.1, 0.15) is 37.1 Å². The Hall–Kier alpha value is -2.18. The van der Waals surface area contributed by atoms with Gasteiger partial charge in [0.25, 0.3) is 0 Å². The molecule has 1 amide bonds. The second-order valence-electron chi connectivity index (χ2n) is 6.09. The minimum absolute atomic E-state index is 0.0323. The van der Waals surface area contributed by atoms with E-state index in [-0.39, 0.29) is 11.9 Å². The summed E-state index contributed by atoms with van der Waals surface area (Å²) >= 11 is 0. The van der Waals surface area contributed by atoms with Crippen molar-refractivity contribution in [3.63, 3.8) is 0 Å². The monoisotopic (exact) mass is 328 g/mol. The van der Waals surface area contributed by atoms with Crippen LogP contribution < -0.4 is 5.32 Å². The van der Waals surface area contributed by atoms with Crippen LogP contribution in [-0.2, 0) is 9.63 Å². The van der Waals surface area contributed by atoms with Crippen LogP contribution in [0.15, 0.2) is 36.5 Å². The predicted molar refractivity (Wildman–Crippen MR) is 91.6 cm³/mol. The standard InChI is InChI=1S/C18H24N4O2/c1-14(20-18(23)9-11-21-10-6-12-24-21)17-13-19-22(15(17)2)16-7-4-3-5-8-16/h3-5,7-8,13-14H,6,9-12H2,1-2H3,(H,20,23). The summed E-state index contributed by atoms with van der Waals surface area (Å²) in [4.78, 5) is 17.6. The van der Waals surface area contributed by atoms with Crippen LogP contribution in [0.3, 0.4) is 0 Å². The van der Waals surface area contributed by atoms with Gasteiger partial charge in [-0.2, -0.15) is 10.2 Å². The summed E-state index contributed by atoms with van der Waals surface area (Å²) in [5, 5.41) is 9.38. The van der Waals surface area contributed by atoms with E-state index >= 15 is 0 Å². The van der Waals surface area contributed by atoms with E-state index in [1.54, 1.807) is 0 Å². The molecule has 1 aromatic carbocycles. The lowest BCUT2D eigenvalue weighted by atomic mass is 10.1. The van der Waals surface area contributed by atoms with Gasteiger partial charge in [-0.3, -0.25) is 9.63 Å². The molecule has 1 aliphatic heterocycles. The van der Waals surface area contributed by atoms with E-state index in [1.807, 2.05) is 60.1 Å². The van der Waals surface area contributed by atoms with Gasteiger partial charge in [0.2, 0.25) is 5.91 Å². The summed E-state index contributed by atoms with van der Waals surface area (Å²) in [5.74, 6) is 0.0323. The molecular weight excluding hydrogens is 304 g/mol. The van der Waals surface area contributed by atoms with Crippen LogP contribution in [0.4, 0.5) is 0 Å². The number of carbonyl (C=O) groups excluding carboxylic acids is 1. The molecular formula is C18H24N4O2. The van der Waals surface area contributed by atoms with E-state index < -0.39 is 0 Å². The van der Waals surface area contributed by atoms with Crippen molar-refractivity contribution in [1.82, 2.24) is 20.2 Å². The van der Waals surface area contributed by atoms with Gasteiger partial charge in [0.1, 0.15) is 0 Å². The molecule has 1 saturated heterocycles.